The highest BCUT2D eigenvalue weighted by Gasteiger charge is 2.08. The maximum atomic E-state index is 10.2. The zero-order chi connectivity index (χ0) is 7.40. The first-order chi connectivity index (χ1) is 4.88. The molecule has 3 nitrogen and oxygen atoms in total. The molecule has 0 aromatic carbocycles. The summed E-state index contributed by atoms with van der Waals surface area (Å²) in [5.74, 6) is 6.93. The SMILES string of the molecule is NNC1C=CC=CC1=C=O. The lowest BCUT2D eigenvalue weighted by molar-refractivity contribution is 0.564. The van der Waals surface area contributed by atoms with E-state index in [1.165, 1.54) is 0 Å². The molecule has 0 fully saturated rings. The van der Waals surface area contributed by atoms with Crippen LogP contribution in [0.25, 0.3) is 0 Å². The highest BCUT2D eigenvalue weighted by molar-refractivity contribution is 5.62. The van der Waals surface area contributed by atoms with Crippen molar-refractivity contribution in [3.8, 4) is 0 Å². The topological polar surface area (TPSA) is 55.1 Å². The van der Waals surface area contributed by atoms with E-state index in [-0.39, 0.29) is 6.04 Å². The molecule has 0 radical (unpaired) electrons. The van der Waals surface area contributed by atoms with Crippen molar-refractivity contribution in [1.82, 2.24) is 5.43 Å². The summed E-state index contributed by atoms with van der Waals surface area (Å²) in [5, 5.41) is 0. The van der Waals surface area contributed by atoms with Crippen molar-refractivity contribution in [2.24, 2.45) is 5.84 Å². The molecule has 0 heterocycles. The van der Waals surface area contributed by atoms with E-state index >= 15 is 0 Å². The summed E-state index contributed by atoms with van der Waals surface area (Å²) in [6, 6.07) is -0.178. The van der Waals surface area contributed by atoms with Gasteiger partial charge in [0, 0.05) is 0 Å². The molecular weight excluding hydrogens is 128 g/mol. The van der Waals surface area contributed by atoms with Crippen molar-refractivity contribution >= 4 is 5.94 Å². The number of carbonyl (C=O) groups excluding carboxylic acids is 1. The van der Waals surface area contributed by atoms with Crippen LogP contribution in [-0.2, 0) is 4.79 Å². The van der Waals surface area contributed by atoms with Gasteiger partial charge < -0.3 is 0 Å². The third kappa shape index (κ3) is 1.22. The van der Waals surface area contributed by atoms with Crippen LogP contribution in [0.4, 0.5) is 0 Å². The van der Waals surface area contributed by atoms with Crippen molar-refractivity contribution in [3.05, 3.63) is 29.9 Å². The van der Waals surface area contributed by atoms with E-state index in [0.29, 0.717) is 5.57 Å². The van der Waals surface area contributed by atoms with Crippen LogP contribution in [0.2, 0.25) is 0 Å². The molecule has 1 aliphatic rings. The van der Waals surface area contributed by atoms with E-state index in [1.807, 2.05) is 6.08 Å². The summed E-state index contributed by atoms with van der Waals surface area (Å²) in [7, 11) is 0. The molecule has 0 aromatic heterocycles. The first-order valence-corrected chi connectivity index (χ1v) is 2.94. The van der Waals surface area contributed by atoms with Gasteiger partial charge in [0.2, 0.25) is 0 Å². The fourth-order valence-electron chi connectivity index (χ4n) is 0.785. The maximum absolute atomic E-state index is 10.2. The Labute approximate surface area is 58.9 Å². The largest absolute Gasteiger partial charge is 0.271 e. The predicted octanol–water partition coefficient (Wildman–Crippen LogP) is -0.298. The molecule has 3 N–H and O–H groups in total. The lowest BCUT2D eigenvalue weighted by Gasteiger charge is -2.10. The number of nitrogens with one attached hydrogen (secondary N) is 1. The number of hydrazine groups is 1. The fraction of sp³-hybridized carbons (Fsp3) is 0.143. The summed E-state index contributed by atoms with van der Waals surface area (Å²) < 4.78 is 0. The van der Waals surface area contributed by atoms with Crippen molar-refractivity contribution in [3.63, 3.8) is 0 Å². The Morgan fingerprint density at radius 1 is 1.60 bits per heavy atom. The summed E-state index contributed by atoms with van der Waals surface area (Å²) in [4.78, 5) is 10.2. The third-order valence-corrected chi connectivity index (χ3v) is 1.32. The van der Waals surface area contributed by atoms with Gasteiger partial charge in [-0.25, -0.2) is 10.2 Å². The second-order valence-corrected chi connectivity index (χ2v) is 1.95. The Morgan fingerprint density at radius 3 is 2.90 bits per heavy atom. The summed E-state index contributed by atoms with van der Waals surface area (Å²) >= 11 is 0. The van der Waals surface area contributed by atoms with Crippen LogP contribution in [0.3, 0.4) is 0 Å². The van der Waals surface area contributed by atoms with Gasteiger partial charge in [-0.05, 0) is 6.08 Å². The van der Waals surface area contributed by atoms with Crippen molar-refractivity contribution in [2.75, 3.05) is 0 Å². The van der Waals surface area contributed by atoms with Gasteiger partial charge in [0.1, 0.15) is 5.94 Å². The van der Waals surface area contributed by atoms with Gasteiger partial charge in [-0.15, -0.1) is 0 Å². The molecule has 1 aliphatic carbocycles. The van der Waals surface area contributed by atoms with Gasteiger partial charge in [-0.1, -0.05) is 18.2 Å². The average Bonchev–Trinajstić information content (AvgIpc) is 2.04. The highest BCUT2D eigenvalue weighted by Crippen LogP contribution is 2.06. The second kappa shape index (κ2) is 3.13. The lowest BCUT2D eigenvalue weighted by atomic mass is 10.1. The zero-order valence-electron chi connectivity index (χ0n) is 5.37. The van der Waals surface area contributed by atoms with Gasteiger partial charge in [-0.2, -0.15) is 0 Å². The van der Waals surface area contributed by atoms with Crippen LogP contribution in [0, 0.1) is 0 Å². The molecule has 0 saturated carbocycles. The smallest absolute Gasteiger partial charge is 0.130 e. The zero-order valence-corrected chi connectivity index (χ0v) is 5.37. The monoisotopic (exact) mass is 136 g/mol. The van der Waals surface area contributed by atoms with Crippen LogP contribution >= 0.6 is 0 Å². The quantitative estimate of drug-likeness (QED) is 0.295. The standard InChI is InChI=1S/C7H8N2O/c8-9-7-4-2-1-3-6(7)5-10/h1-4,7,9H,8H2. The molecule has 1 atom stereocenters. The van der Waals surface area contributed by atoms with Gasteiger partial charge >= 0.3 is 0 Å². The van der Waals surface area contributed by atoms with Crippen LogP contribution in [0.1, 0.15) is 0 Å². The van der Waals surface area contributed by atoms with Crippen LogP contribution in [-0.4, -0.2) is 12.0 Å². The molecule has 3 heteroatoms. The first kappa shape index (κ1) is 6.96. The number of nitrogens with two attached hydrogens (primary N) is 1. The summed E-state index contributed by atoms with van der Waals surface area (Å²) in [5.41, 5.74) is 3.00. The molecule has 10 heavy (non-hydrogen) atoms. The minimum Gasteiger partial charge on any atom is -0.271 e. The Morgan fingerprint density at radius 2 is 2.40 bits per heavy atom. The Bertz CT molecular complexity index is 224. The molecule has 0 bridgehead atoms. The van der Waals surface area contributed by atoms with Crippen molar-refractivity contribution in [2.45, 2.75) is 6.04 Å². The van der Waals surface area contributed by atoms with Gasteiger partial charge in [0.15, 0.2) is 0 Å². The van der Waals surface area contributed by atoms with E-state index in [2.05, 4.69) is 5.43 Å². The Kier molecular flexibility index (Phi) is 2.18. The van der Waals surface area contributed by atoms with Crippen LogP contribution in [0.15, 0.2) is 29.9 Å². The third-order valence-electron chi connectivity index (χ3n) is 1.32. The van der Waals surface area contributed by atoms with Gasteiger partial charge in [-0.3, -0.25) is 5.84 Å². The van der Waals surface area contributed by atoms with E-state index in [4.69, 9.17) is 5.84 Å². The van der Waals surface area contributed by atoms with Crippen molar-refractivity contribution < 1.29 is 4.79 Å². The molecule has 0 aliphatic heterocycles. The Balaban J connectivity index is 2.84. The number of allylic oxidation sites excluding steroid dienone is 2. The predicted molar refractivity (Wildman–Crippen MR) is 38.6 cm³/mol. The van der Waals surface area contributed by atoms with Crippen LogP contribution < -0.4 is 11.3 Å². The fourth-order valence-corrected chi connectivity index (χ4v) is 0.785. The number of hydrogen-bond acceptors (Lipinski definition) is 3. The summed E-state index contributed by atoms with van der Waals surface area (Å²) in [6.45, 7) is 0. The van der Waals surface area contributed by atoms with Crippen LogP contribution in [0.5, 0.6) is 0 Å². The number of hydrogen-bond donors (Lipinski definition) is 2. The minimum atomic E-state index is -0.178. The van der Waals surface area contributed by atoms with Gasteiger partial charge in [0.05, 0.1) is 11.6 Å². The molecule has 0 aromatic rings. The molecule has 0 saturated heterocycles. The first-order valence-electron chi connectivity index (χ1n) is 2.94. The van der Waals surface area contributed by atoms with E-state index in [0.717, 1.165) is 0 Å². The summed E-state index contributed by atoms with van der Waals surface area (Å²) in [6.07, 6.45) is 7.07. The second-order valence-electron chi connectivity index (χ2n) is 1.95. The molecule has 52 valence electrons. The number of rotatable bonds is 1. The minimum absolute atomic E-state index is 0.178. The van der Waals surface area contributed by atoms with E-state index < -0.39 is 0 Å². The maximum Gasteiger partial charge on any atom is 0.130 e. The van der Waals surface area contributed by atoms with E-state index in [1.54, 1.807) is 24.2 Å². The molecule has 1 rings (SSSR count). The Hall–Kier alpha value is -1.15. The molecule has 0 spiro atoms. The normalized spacial score (nSPS) is 22.9. The molecular formula is C7H8N2O. The van der Waals surface area contributed by atoms with Gasteiger partial charge in [0.25, 0.3) is 0 Å². The molecule has 0 amide bonds. The highest BCUT2D eigenvalue weighted by atomic mass is 16.1. The van der Waals surface area contributed by atoms with Crippen molar-refractivity contribution in [1.29, 1.82) is 0 Å². The average molecular weight is 136 g/mol. The lowest BCUT2D eigenvalue weighted by Crippen LogP contribution is -2.35. The molecule has 1 unspecified atom stereocenters. The van der Waals surface area contributed by atoms with E-state index in [9.17, 15) is 4.79 Å².